The van der Waals surface area contributed by atoms with Crippen LogP contribution in [-0.2, 0) is 10.0 Å². The van der Waals surface area contributed by atoms with Gasteiger partial charge in [-0.3, -0.25) is 9.52 Å². The summed E-state index contributed by atoms with van der Waals surface area (Å²) >= 11 is 0. The molecule has 0 heterocycles. The SMILES string of the molecule is Cc1cc(NC(=O)c2ccccc2)ccc1S(=O)(=O)Nc1ccc(-c2cccc(C(=O)O)c2)c2ccccc12. The highest BCUT2D eigenvalue weighted by atomic mass is 32.2. The summed E-state index contributed by atoms with van der Waals surface area (Å²) in [7, 11) is -3.97. The van der Waals surface area contributed by atoms with E-state index >= 15 is 0 Å². The lowest BCUT2D eigenvalue weighted by molar-refractivity contribution is 0.0696. The van der Waals surface area contributed by atoms with E-state index in [9.17, 15) is 23.1 Å². The van der Waals surface area contributed by atoms with Crippen LogP contribution >= 0.6 is 0 Å². The number of hydrogen-bond donors (Lipinski definition) is 3. The van der Waals surface area contributed by atoms with Crippen molar-refractivity contribution in [1.82, 2.24) is 0 Å². The molecule has 0 aliphatic heterocycles. The highest BCUT2D eigenvalue weighted by Gasteiger charge is 2.20. The van der Waals surface area contributed by atoms with E-state index in [4.69, 9.17) is 0 Å². The van der Waals surface area contributed by atoms with Crippen molar-refractivity contribution in [3.8, 4) is 11.1 Å². The molecule has 0 radical (unpaired) electrons. The average molecular weight is 537 g/mol. The largest absolute Gasteiger partial charge is 0.478 e. The molecule has 39 heavy (non-hydrogen) atoms. The maximum Gasteiger partial charge on any atom is 0.335 e. The lowest BCUT2D eigenvalue weighted by Crippen LogP contribution is -2.16. The van der Waals surface area contributed by atoms with Gasteiger partial charge in [-0.2, -0.15) is 0 Å². The van der Waals surface area contributed by atoms with Gasteiger partial charge < -0.3 is 10.4 Å². The van der Waals surface area contributed by atoms with Crippen molar-refractivity contribution in [1.29, 1.82) is 0 Å². The van der Waals surface area contributed by atoms with Crippen molar-refractivity contribution in [3.63, 3.8) is 0 Å². The molecule has 0 saturated heterocycles. The molecular formula is C31H24N2O5S. The quantitative estimate of drug-likeness (QED) is 0.218. The molecule has 5 rings (SSSR count). The Hall–Kier alpha value is -4.95. The normalized spacial score (nSPS) is 11.2. The number of rotatable bonds is 7. The third-order valence-corrected chi connectivity index (χ3v) is 7.87. The second kappa shape index (κ2) is 10.4. The number of nitrogens with one attached hydrogen (secondary N) is 2. The summed E-state index contributed by atoms with van der Waals surface area (Å²) in [4.78, 5) is 24.0. The summed E-state index contributed by atoms with van der Waals surface area (Å²) in [6, 6.07) is 30.8. The summed E-state index contributed by atoms with van der Waals surface area (Å²) in [5.74, 6) is -1.31. The maximum absolute atomic E-state index is 13.4. The molecule has 0 unspecified atom stereocenters. The molecule has 0 spiro atoms. The molecule has 1 amide bonds. The second-order valence-electron chi connectivity index (χ2n) is 9.00. The Labute approximate surface area is 225 Å². The third-order valence-electron chi connectivity index (χ3n) is 6.35. The molecule has 7 nitrogen and oxygen atoms in total. The number of aromatic carboxylic acids is 1. The summed E-state index contributed by atoms with van der Waals surface area (Å²) in [5, 5.41) is 13.6. The number of aryl methyl sites for hydroxylation is 1. The number of amides is 1. The van der Waals surface area contributed by atoms with Crippen LogP contribution in [0, 0.1) is 6.92 Å². The van der Waals surface area contributed by atoms with Gasteiger partial charge in [0.25, 0.3) is 15.9 Å². The van der Waals surface area contributed by atoms with Gasteiger partial charge in [-0.25, -0.2) is 13.2 Å². The van der Waals surface area contributed by atoms with E-state index in [0.29, 0.717) is 33.5 Å². The van der Waals surface area contributed by atoms with Gasteiger partial charge >= 0.3 is 5.97 Å². The Morgan fingerprint density at radius 3 is 2.13 bits per heavy atom. The van der Waals surface area contributed by atoms with Crippen LogP contribution in [0.3, 0.4) is 0 Å². The standard InChI is InChI=1S/C31H24N2O5S/c1-20-18-24(32-30(34)21-8-3-2-4-9-21)14-17-29(20)39(37,38)33-28-16-15-25(26-12-5-6-13-27(26)28)22-10-7-11-23(19-22)31(35)36/h2-19,33H,1H3,(H,32,34)(H,35,36). The van der Waals surface area contributed by atoms with E-state index in [2.05, 4.69) is 10.0 Å². The summed E-state index contributed by atoms with van der Waals surface area (Å²) < 4.78 is 29.6. The van der Waals surface area contributed by atoms with Gasteiger partial charge in [0.15, 0.2) is 0 Å². The number of anilines is 2. The number of benzene rings is 5. The van der Waals surface area contributed by atoms with Gasteiger partial charge in [0.05, 0.1) is 16.1 Å². The molecule has 0 atom stereocenters. The minimum atomic E-state index is -3.97. The zero-order valence-electron chi connectivity index (χ0n) is 20.9. The second-order valence-corrected chi connectivity index (χ2v) is 10.6. The van der Waals surface area contributed by atoms with Crippen molar-refractivity contribution in [3.05, 3.63) is 126 Å². The number of fused-ring (bicyclic) bond motifs is 1. The monoisotopic (exact) mass is 536 g/mol. The first-order valence-corrected chi connectivity index (χ1v) is 13.6. The van der Waals surface area contributed by atoms with Crippen LogP contribution in [0.1, 0.15) is 26.3 Å². The van der Waals surface area contributed by atoms with Crippen molar-refractivity contribution in [2.24, 2.45) is 0 Å². The Morgan fingerprint density at radius 1 is 0.718 bits per heavy atom. The van der Waals surface area contributed by atoms with E-state index in [0.717, 1.165) is 10.9 Å². The minimum Gasteiger partial charge on any atom is -0.478 e. The minimum absolute atomic E-state index is 0.0857. The van der Waals surface area contributed by atoms with Gasteiger partial charge in [0.1, 0.15) is 0 Å². The molecule has 0 bridgehead atoms. The number of carboxylic acid groups (broad SMARTS) is 1. The van der Waals surface area contributed by atoms with Crippen LogP contribution in [0.15, 0.2) is 114 Å². The van der Waals surface area contributed by atoms with Crippen LogP contribution in [0.4, 0.5) is 11.4 Å². The maximum atomic E-state index is 13.4. The smallest absolute Gasteiger partial charge is 0.335 e. The van der Waals surface area contributed by atoms with Crippen molar-refractivity contribution in [2.75, 3.05) is 10.0 Å². The van der Waals surface area contributed by atoms with Crippen molar-refractivity contribution in [2.45, 2.75) is 11.8 Å². The molecule has 0 aromatic heterocycles. The molecule has 8 heteroatoms. The number of carbonyl (C=O) groups excluding carboxylic acids is 1. The number of hydrogen-bond acceptors (Lipinski definition) is 4. The fraction of sp³-hybridized carbons (Fsp3) is 0.0323. The van der Waals surface area contributed by atoms with Gasteiger partial charge in [-0.1, -0.05) is 60.7 Å². The van der Waals surface area contributed by atoms with Gasteiger partial charge in [0.2, 0.25) is 0 Å². The molecule has 5 aromatic carbocycles. The first kappa shape index (κ1) is 25.7. The topological polar surface area (TPSA) is 113 Å². The molecule has 0 aliphatic carbocycles. The Kier molecular flexibility index (Phi) is 6.87. The Morgan fingerprint density at radius 2 is 1.41 bits per heavy atom. The fourth-order valence-corrected chi connectivity index (χ4v) is 5.79. The van der Waals surface area contributed by atoms with E-state index in [1.54, 1.807) is 67.6 Å². The molecule has 0 fully saturated rings. The first-order valence-electron chi connectivity index (χ1n) is 12.1. The van der Waals surface area contributed by atoms with Gasteiger partial charge in [0, 0.05) is 16.6 Å². The predicted octanol–water partition coefficient (Wildman–Crippen LogP) is 6.57. The summed E-state index contributed by atoms with van der Waals surface area (Å²) in [6.07, 6.45) is 0. The van der Waals surface area contributed by atoms with Gasteiger partial charge in [-0.15, -0.1) is 0 Å². The lowest BCUT2D eigenvalue weighted by Gasteiger charge is -2.16. The van der Waals surface area contributed by atoms with Crippen LogP contribution in [0.2, 0.25) is 0 Å². The zero-order valence-corrected chi connectivity index (χ0v) is 21.7. The third kappa shape index (κ3) is 5.37. The van der Waals surface area contributed by atoms with Crippen LogP contribution < -0.4 is 10.0 Å². The number of carboxylic acids is 1. The highest BCUT2D eigenvalue weighted by Crippen LogP contribution is 2.35. The van der Waals surface area contributed by atoms with E-state index < -0.39 is 16.0 Å². The molecule has 5 aromatic rings. The van der Waals surface area contributed by atoms with Crippen molar-refractivity contribution < 1.29 is 23.1 Å². The highest BCUT2D eigenvalue weighted by molar-refractivity contribution is 7.92. The van der Waals surface area contributed by atoms with Crippen LogP contribution in [0.25, 0.3) is 21.9 Å². The van der Waals surface area contributed by atoms with Crippen LogP contribution in [-0.4, -0.2) is 25.4 Å². The molecular weight excluding hydrogens is 512 g/mol. The summed E-state index contributed by atoms with van der Waals surface area (Å²) in [5.41, 5.74) is 3.51. The molecule has 194 valence electrons. The average Bonchev–Trinajstić information content (AvgIpc) is 2.93. The predicted molar refractivity (Wildman–Crippen MR) is 153 cm³/mol. The molecule has 0 aliphatic rings. The molecule has 0 saturated carbocycles. The van der Waals surface area contributed by atoms with E-state index in [1.165, 1.54) is 12.1 Å². The summed E-state index contributed by atoms with van der Waals surface area (Å²) in [6.45, 7) is 1.67. The molecule has 3 N–H and O–H groups in total. The first-order chi connectivity index (χ1) is 18.7. The number of carbonyl (C=O) groups is 2. The Bertz CT molecular complexity index is 1830. The van der Waals surface area contributed by atoms with Gasteiger partial charge in [-0.05, 0) is 77.5 Å². The van der Waals surface area contributed by atoms with E-state index in [-0.39, 0.29) is 16.4 Å². The van der Waals surface area contributed by atoms with Crippen LogP contribution in [0.5, 0.6) is 0 Å². The number of sulfonamides is 1. The zero-order chi connectivity index (χ0) is 27.6. The fourth-order valence-electron chi connectivity index (χ4n) is 4.48. The Balaban J connectivity index is 1.45. The van der Waals surface area contributed by atoms with E-state index in [1.807, 2.05) is 36.4 Å². The lowest BCUT2D eigenvalue weighted by atomic mass is 9.96. The van der Waals surface area contributed by atoms with Crippen molar-refractivity contribution >= 4 is 44.0 Å².